The highest BCUT2D eigenvalue weighted by Crippen LogP contribution is 2.53. The van der Waals surface area contributed by atoms with Crippen molar-refractivity contribution in [2.75, 3.05) is 14.2 Å². The summed E-state index contributed by atoms with van der Waals surface area (Å²) in [6, 6.07) is 0. The van der Waals surface area contributed by atoms with Crippen molar-refractivity contribution in [2.45, 2.75) is 30.7 Å². The number of hydrogen-bond acceptors (Lipinski definition) is 4. The average molecular weight is 172 g/mol. The molecule has 0 amide bonds. The minimum atomic E-state index is -0.374. The summed E-state index contributed by atoms with van der Waals surface area (Å²) >= 11 is 0. The van der Waals surface area contributed by atoms with Crippen LogP contribution in [-0.2, 0) is 19.0 Å². The summed E-state index contributed by atoms with van der Waals surface area (Å²) < 4.78 is 15.0. The van der Waals surface area contributed by atoms with Crippen LogP contribution in [0.15, 0.2) is 0 Å². The molecule has 0 aromatic rings. The van der Waals surface area contributed by atoms with Gasteiger partial charge in [-0.3, -0.25) is 0 Å². The molecular formula is C8H12O4. The van der Waals surface area contributed by atoms with Crippen LogP contribution in [0.3, 0.4) is 0 Å². The average Bonchev–Trinajstić information content (AvgIpc) is 2.79. The Morgan fingerprint density at radius 1 is 1.58 bits per heavy atom. The molecule has 0 aromatic heterocycles. The molecule has 1 saturated heterocycles. The number of rotatable bonds is 2. The number of carbonyl (C=O) groups excluding carboxylic acids is 1. The van der Waals surface area contributed by atoms with E-state index in [2.05, 4.69) is 4.74 Å². The Balaban J connectivity index is 1.97. The molecule has 1 saturated carbocycles. The van der Waals surface area contributed by atoms with Crippen LogP contribution in [0.25, 0.3) is 0 Å². The van der Waals surface area contributed by atoms with Crippen LogP contribution in [-0.4, -0.2) is 38.0 Å². The van der Waals surface area contributed by atoms with Gasteiger partial charge in [-0.1, -0.05) is 0 Å². The Kier molecular flexibility index (Phi) is 1.63. The summed E-state index contributed by atoms with van der Waals surface area (Å²) in [4.78, 5) is 11.0. The maximum atomic E-state index is 11.0. The van der Waals surface area contributed by atoms with Crippen LogP contribution >= 0.6 is 0 Å². The first-order chi connectivity index (χ1) is 5.74. The highest BCUT2D eigenvalue weighted by atomic mass is 16.7. The summed E-state index contributed by atoms with van der Waals surface area (Å²) in [7, 11) is 3.01. The van der Waals surface area contributed by atoms with Gasteiger partial charge >= 0.3 is 5.97 Å². The summed E-state index contributed by atoms with van der Waals surface area (Å²) in [5.74, 6) is -0.281. The number of epoxide rings is 1. The Hall–Kier alpha value is -0.610. The van der Waals surface area contributed by atoms with Crippen LogP contribution in [0.4, 0.5) is 0 Å². The lowest BCUT2D eigenvalue weighted by atomic mass is 9.79. The van der Waals surface area contributed by atoms with Gasteiger partial charge < -0.3 is 14.2 Å². The standard InChI is InChI=1S/C8H12O4/c1-10-5-3-4-8(5)6(12-8)7(9)11-2/h5-6H,3-4H2,1-2H3. The molecule has 2 fully saturated rings. The summed E-state index contributed by atoms with van der Waals surface area (Å²) in [5.41, 5.74) is -0.318. The minimum Gasteiger partial charge on any atom is -0.467 e. The first-order valence-electron chi connectivity index (χ1n) is 4.03. The lowest BCUT2D eigenvalue weighted by molar-refractivity contribution is -0.142. The molecule has 0 radical (unpaired) electrons. The van der Waals surface area contributed by atoms with Crippen LogP contribution < -0.4 is 0 Å². The van der Waals surface area contributed by atoms with Crippen molar-refractivity contribution in [1.82, 2.24) is 0 Å². The van der Waals surface area contributed by atoms with Crippen LogP contribution in [0.5, 0.6) is 0 Å². The first kappa shape index (κ1) is 8.01. The number of methoxy groups -OCH3 is 2. The normalized spacial score (nSPS) is 43.8. The van der Waals surface area contributed by atoms with Gasteiger partial charge in [-0.05, 0) is 12.8 Å². The molecule has 2 aliphatic rings. The van der Waals surface area contributed by atoms with Crippen molar-refractivity contribution in [3.05, 3.63) is 0 Å². The summed E-state index contributed by atoms with van der Waals surface area (Å²) in [6.45, 7) is 0. The van der Waals surface area contributed by atoms with Crippen molar-refractivity contribution in [2.24, 2.45) is 0 Å². The second kappa shape index (κ2) is 2.44. The molecule has 0 bridgehead atoms. The van der Waals surface area contributed by atoms with Crippen molar-refractivity contribution >= 4 is 5.97 Å². The molecule has 4 nitrogen and oxygen atoms in total. The predicted octanol–water partition coefficient (Wildman–Crippen LogP) is 0.106. The van der Waals surface area contributed by atoms with E-state index in [1.807, 2.05) is 0 Å². The number of hydrogen-bond donors (Lipinski definition) is 0. The quantitative estimate of drug-likeness (QED) is 0.438. The van der Waals surface area contributed by atoms with E-state index < -0.39 is 0 Å². The fourth-order valence-electron chi connectivity index (χ4n) is 1.84. The van der Waals surface area contributed by atoms with Gasteiger partial charge in [0.15, 0.2) is 6.10 Å². The SMILES string of the molecule is COC(=O)C1OC12CCC2OC. The molecule has 4 heteroatoms. The molecule has 1 spiro atoms. The van der Waals surface area contributed by atoms with Crippen molar-refractivity contribution in [3.8, 4) is 0 Å². The lowest BCUT2D eigenvalue weighted by Gasteiger charge is -2.32. The zero-order valence-corrected chi connectivity index (χ0v) is 7.20. The molecule has 1 heterocycles. The molecule has 68 valence electrons. The fraction of sp³-hybridized carbons (Fsp3) is 0.875. The number of carbonyl (C=O) groups is 1. The predicted molar refractivity (Wildman–Crippen MR) is 39.7 cm³/mol. The van der Waals surface area contributed by atoms with E-state index in [4.69, 9.17) is 9.47 Å². The molecular weight excluding hydrogens is 160 g/mol. The maximum Gasteiger partial charge on any atom is 0.338 e. The van der Waals surface area contributed by atoms with E-state index in [0.29, 0.717) is 0 Å². The third kappa shape index (κ3) is 0.820. The topological polar surface area (TPSA) is 48.1 Å². The zero-order chi connectivity index (χ0) is 8.77. The summed E-state index contributed by atoms with van der Waals surface area (Å²) in [6.07, 6.45) is 1.60. The van der Waals surface area contributed by atoms with Gasteiger partial charge in [-0.25, -0.2) is 4.79 Å². The van der Waals surface area contributed by atoms with Crippen LogP contribution in [0.2, 0.25) is 0 Å². The van der Waals surface area contributed by atoms with Gasteiger partial charge in [0.1, 0.15) is 5.60 Å². The largest absolute Gasteiger partial charge is 0.467 e. The minimum absolute atomic E-state index is 0.0848. The maximum absolute atomic E-state index is 11.0. The molecule has 3 atom stereocenters. The van der Waals surface area contributed by atoms with Crippen molar-refractivity contribution in [3.63, 3.8) is 0 Å². The van der Waals surface area contributed by atoms with E-state index in [1.165, 1.54) is 7.11 Å². The lowest BCUT2D eigenvalue weighted by Crippen LogP contribution is -2.45. The van der Waals surface area contributed by atoms with Crippen molar-refractivity contribution in [1.29, 1.82) is 0 Å². The first-order valence-corrected chi connectivity index (χ1v) is 4.03. The van der Waals surface area contributed by atoms with Crippen molar-refractivity contribution < 1.29 is 19.0 Å². The molecule has 1 aliphatic carbocycles. The second-order valence-electron chi connectivity index (χ2n) is 3.24. The molecule has 12 heavy (non-hydrogen) atoms. The van der Waals surface area contributed by atoms with Gasteiger partial charge in [-0.15, -0.1) is 0 Å². The van der Waals surface area contributed by atoms with Gasteiger partial charge in [0.25, 0.3) is 0 Å². The van der Waals surface area contributed by atoms with E-state index in [0.717, 1.165) is 12.8 Å². The Labute approximate surface area is 70.8 Å². The monoisotopic (exact) mass is 172 g/mol. The van der Waals surface area contributed by atoms with E-state index in [1.54, 1.807) is 7.11 Å². The molecule has 1 aliphatic heterocycles. The number of esters is 1. The smallest absolute Gasteiger partial charge is 0.338 e. The zero-order valence-electron chi connectivity index (χ0n) is 7.20. The number of ether oxygens (including phenoxy) is 3. The van der Waals surface area contributed by atoms with Gasteiger partial charge in [0, 0.05) is 7.11 Å². The third-order valence-electron chi connectivity index (χ3n) is 2.77. The molecule has 0 N–H and O–H groups in total. The van der Waals surface area contributed by atoms with Crippen LogP contribution in [0, 0.1) is 0 Å². The van der Waals surface area contributed by atoms with Gasteiger partial charge in [0.05, 0.1) is 13.2 Å². The molecule has 3 unspecified atom stereocenters. The Morgan fingerprint density at radius 3 is 2.75 bits per heavy atom. The third-order valence-corrected chi connectivity index (χ3v) is 2.77. The Morgan fingerprint density at radius 2 is 2.33 bits per heavy atom. The Bertz CT molecular complexity index is 213. The van der Waals surface area contributed by atoms with E-state index in [9.17, 15) is 4.79 Å². The fourth-order valence-corrected chi connectivity index (χ4v) is 1.84. The van der Waals surface area contributed by atoms with Crippen LogP contribution in [0.1, 0.15) is 12.8 Å². The summed E-state index contributed by atoms with van der Waals surface area (Å²) in [5, 5.41) is 0. The van der Waals surface area contributed by atoms with E-state index >= 15 is 0 Å². The molecule has 0 aromatic carbocycles. The highest BCUT2D eigenvalue weighted by Gasteiger charge is 2.70. The second-order valence-corrected chi connectivity index (χ2v) is 3.24. The highest BCUT2D eigenvalue weighted by molar-refractivity contribution is 5.79. The molecule has 2 rings (SSSR count). The van der Waals surface area contributed by atoms with Gasteiger partial charge in [0.2, 0.25) is 0 Å². The van der Waals surface area contributed by atoms with E-state index in [-0.39, 0.29) is 23.8 Å². The van der Waals surface area contributed by atoms with Gasteiger partial charge in [-0.2, -0.15) is 0 Å².